The van der Waals surface area contributed by atoms with Crippen LogP contribution in [0, 0.1) is 0 Å². The number of likely N-dealkylation sites (N-methyl/N-ethyl adjacent to an activating group) is 1. The summed E-state index contributed by atoms with van der Waals surface area (Å²) >= 11 is 10.3. The lowest BCUT2D eigenvalue weighted by atomic mass is 10.1. The van der Waals surface area contributed by atoms with Crippen molar-refractivity contribution in [2.75, 3.05) is 19.6 Å². The number of piperidine rings is 1. The van der Waals surface area contributed by atoms with Crippen LogP contribution < -0.4 is 5.32 Å². The van der Waals surface area contributed by atoms with E-state index in [1.807, 2.05) is 0 Å². The summed E-state index contributed by atoms with van der Waals surface area (Å²) in [7, 11) is 0. The minimum Gasteiger partial charge on any atom is -0.348 e. The van der Waals surface area contributed by atoms with Gasteiger partial charge in [0, 0.05) is 17.5 Å². The van der Waals surface area contributed by atoms with E-state index in [1.54, 1.807) is 18.2 Å². The predicted octanol–water partition coefficient (Wildman–Crippen LogP) is 2.84. The highest BCUT2D eigenvalue weighted by molar-refractivity contribution is 7.80. The molecule has 3 nitrogen and oxygen atoms in total. The lowest BCUT2D eigenvalue weighted by Gasteiger charge is -2.32. The van der Waals surface area contributed by atoms with Crippen LogP contribution in [0.1, 0.15) is 30.1 Å². The van der Waals surface area contributed by atoms with Gasteiger partial charge in [-0.1, -0.05) is 18.5 Å². The van der Waals surface area contributed by atoms with E-state index in [4.69, 9.17) is 11.6 Å². The van der Waals surface area contributed by atoms with Gasteiger partial charge in [0.05, 0.1) is 10.6 Å². The Morgan fingerprint density at radius 1 is 1.58 bits per heavy atom. The number of carbonyl (C=O) groups is 1. The molecule has 0 saturated carbocycles. The van der Waals surface area contributed by atoms with Crippen LogP contribution in [0.3, 0.4) is 0 Å². The van der Waals surface area contributed by atoms with Gasteiger partial charge in [0.1, 0.15) is 0 Å². The molecule has 2 rings (SSSR count). The molecule has 1 aliphatic heterocycles. The Morgan fingerprint density at radius 3 is 3.11 bits per heavy atom. The van der Waals surface area contributed by atoms with Gasteiger partial charge in [0.25, 0.3) is 5.91 Å². The molecule has 1 amide bonds. The smallest absolute Gasteiger partial charge is 0.253 e. The molecule has 1 saturated heterocycles. The summed E-state index contributed by atoms with van der Waals surface area (Å²) in [6.07, 6.45) is 2.15. The average molecular weight is 299 g/mol. The number of thiol groups is 1. The van der Waals surface area contributed by atoms with Crippen molar-refractivity contribution in [3.8, 4) is 0 Å². The molecule has 0 spiro atoms. The number of rotatable bonds is 3. The first-order chi connectivity index (χ1) is 9.10. The molecular weight excluding hydrogens is 280 g/mol. The summed E-state index contributed by atoms with van der Waals surface area (Å²) in [5, 5.41) is 3.54. The van der Waals surface area contributed by atoms with Gasteiger partial charge in [-0.05, 0) is 44.1 Å². The first-order valence-electron chi connectivity index (χ1n) is 6.62. The third-order valence-corrected chi connectivity index (χ3v) is 4.09. The first kappa shape index (κ1) is 14.7. The van der Waals surface area contributed by atoms with E-state index >= 15 is 0 Å². The highest BCUT2D eigenvalue weighted by Gasteiger charge is 2.21. The van der Waals surface area contributed by atoms with Crippen molar-refractivity contribution in [1.29, 1.82) is 0 Å². The van der Waals surface area contributed by atoms with E-state index in [-0.39, 0.29) is 11.9 Å². The molecule has 0 aromatic heterocycles. The Bertz CT molecular complexity index is 467. The molecule has 104 valence electrons. The molecule has 1 aliphatic rings. The van der Waals surface area contributed by atoms with Crippen molar-refractivity contribution < 1.29 is 4.79 Å². The second-order valence-corrected chi connectivity index (χ2v) is 5.79. The van der Waals surface area contributed by atoms with Gasteiger partial charge >= 0.3 is 0 Å². The fourth-order valence-corrected chi connectivity index (χ4v) is 2.82. The zero-order chi connectivity index (χ0) is 13.8. The Balaban J connectivity index is 2.02. The number of likely N-dealkylation sites (tertiary alicyclic amines) is 1. The fourth-order valence-electron chi connectivity index (χ4n) is 2.41. The molecule has 1 aromatic rings. The minimum atomic E-state index is -0.108. The lowest BCUT2D eigenvalue weighted by molar-refractivity contribution is 0.0906. The second kappa shape index (κ2) is 6.64. The van der Waals surface area contributed by atoms with Crippen molar-refractivity contribution >= 4 is 30.1 Å². The Labute approximate surface area is 124 Å². The zero-order valence-electron chi connectivity index (χ0n) is 11.0. The largest absolute Gasteiger partial charge is 0.348 e. The summed E-state index contributed by atoms with van der Waals surface area (Å²) in [5.41, 5.74) is 0.503. The minimum absolute atomic E-state index is 0.108. The third-order valence-electron chi connectivity index (χ3n) is 3.48. The molecule has 1 unspecified atom stereocenters. The van der Waals surface area contributed by atoms with Crippen LogP contribution in [0.15, 0.2) is 23.1 Å². The summed E-state index contributed by atoms with van der Waals surface area (Å²) < 4.78 is 0. The summed E-state index contributed by atoms with van der Waals surface area (Å²) in [5.74, 6) is -0.108. The molecular formula is C14H19ClN2OS. The number of nitrogens with zero attached hydrogens (tertiary/aromatic N) is 1. The average Bonchev–Trinajstić information content (AvgIpc) is 2.41. The fraction of sp³-hybridized carbons (Fsp3) is 0.500. The molecule has 5 heteroatoms. The summed E-state index contributed by atoms with van der Waals surface area (Å²) in [4.78, 5) is 15.3. The Hall–Kier alpha value is -0.710. The molecule has 0 radical (unpaired) electrons. The van der Waals surface area contributed by atoms with Crippen LogP contribution in [0.5, 0.6) is 0 Å². The van der Waals surface area contributed by atoms with E-state index in [2.05, 4.69) is 29.8 Å². The van der Waals surface area contributed by atoms with E-state index in [0.717, 1.165) is 37.4 Å². The third kappa shape index (κ3) is 3.88. The van der Waals surface area contributed by atoms with Gasteiger partial charge in [-0.25, -0.2) is 0 Å². The molecule has 0 bridgehead atoms. The first-order valence-corrected chi connectivity index (χ1v) is 7.44. The summed E-state index contributed by atoms with van der Waals surface area (Å²) in [6, 6.07) is 5.40. The molecule has 1 aromatic carbocycles. The number of hydrogen-bond acceptors (Lipinski definition) is 3. The van der Waals surface area contributed by atoms with Gasteiger partial charge in [0.2, 0.25) is 0 Å². The Kier molecular flexibility index (Phi) is 5.13. The van der Waals surface area contributed by atoms with Gasteiger partial charge in [-0.15, -0.1) is 12.6 Å². The maximum absolute atomic E-state index is 12.2. The van der Waals surface area contributed by atoms with Gasteiger partial charge < -0.3 is 10.2 Å². The van der Waals surface area contributed by atoms with Crippen molar-refractivity contribution in [2.45, 2.75) is 30.7 Å². The SMILES string of the molecule is CCN1CCCC(NC(=O)c2cc(S)ccc2Cl)C1. The van der Waals surface area contributed by atoms with Crippen molar-refractivity contribution in [3.63, 3.8) is 0 Å². The summed E-state index contributed by atoms with van der Waals surface area (Å²) in [6.45, 7) is 5.21. The standard InChI is InChI=1S/C14H19ClN2OS/c1-2-17-7-3-4-10(9-17)16-14(18)12-8-11(19)5-6-13(12)15/h5-6,8,10,19H,2-4,7,9H2,1H3,(H,16,18). The number of nitrogens with one attached hydrogen (secondary N) is 1. The monoisotopic (exact) mass is 298 g/mol. The number of amides is 1. The van der Waals surface area contributed by atoms with Gasteiger partial charge in [-0.2, -0.15) is 0 Å². The van der Waals surface area contributed by atoms with Crippen molar-refractivity contribution in [3.05, 3.63) is 28.8 Å². The second-order valence-electron chi connectivity index (χ2n) is 4.87. The van der Waals surface area contributed by atoms with E-state index in [1.165, 1.54) is 0 Å². The van der Waals surface area contributed by atoms with Crippen LogP contribution in [0.2, 0.25) is 5.02 Å². The zero-order valence-corrected chi connectivity index (χ0v) is 12.7. The highest BCUT2D eigenvalue weighted by atomic mass is 35.5. The van der Waals surface area contributed by atoms with E-state index in [0.29, 0.717) is 10.6 Å². The quantitative estimate of drug-likeness (QED) is 0.841. The molecule has 19 heavy (non-hydrogen) atoms. The normalized spacial score (nSPS) is 20.3. The van der Waals surface area contributed by atoms with Crippen LogP contribution in [0.25, 0.3) is 0 Å². The van der Waals surface area contributed by atoms with Gasteiger partial charge in [-0.3, -0.25) is 4.79 Å². The van der Waals surface area contributed by atoms with E-state index in [9.17, 15) is 4.79 Å². The number of hydrogen-bond donors (Lipinski definition) is 2. The molecule has 1 heterocycles. The van der Waals surface area contributed by atoms with Crippen LogP contribution in [0.4, 0.5) is 0 Å². The number of benzene rings is 1. The maximum atomic E-state index is 12.2. The van der Waals surface area contributed by atoms with E-state index < -0.39 is 0 Å². The molecule has 0 aliphatic carbocycles. The highest BCUT2D eigenvalue weighted by Crippen LogP contribution is 2.20. The van der Waals surface area contributed by atoms with Crippen molar-refractivity contribution in [1.82, 2.24) is 10.2 Å². The Morgan fingerprint density at radius 2 is 2.37 bits per heavy atom. The van der Waals surface area contributed by atoms with Crippen LogP contribution >= 0.6 is 24.2 Å². The molecule has 1 atom stereocenters. The lowest BCUT2D eigenvalue weighted by Crippen LogP contribution is -2.47. The predicted molar refractivity (Wildman–Crippen MR) is 81.3 cm³/mol. The maximum Gasteiger partial charge on any atom is 0.253 e. The number of halogens is 1. The molecule has 1 fully saturated rings. The van der Waals surface area contributed by atoms with Gasteiger partial charge in [0.15, 0.2) is 0 Å². The topological polar surface area (TPSA) is 32.3 Å². The van der Waals surface area contributed by atoms with Crippen LogP contribution in [-0.4, -0.2) is 36.5 Å². The molecule has 1 N–H and O–H groups in total. The van der Waals surface area contributed by atoms with Crippen molar-refractivity contribution in [2.24, 2.45) is 0 Å². The number of carbonyl (C=O) groups excluding carboxylic acids is 1. The van der Waals surface area contributed by atoms with Crippen LogP contribution in [-0.2, 0) is 0 Å².